The monoisotopic (exact) mass is 426 g/mol. The lowest BCUT2D eigenvalue weighted by Crippen LogP contribution is -2.14. The Balaban J connectivity index is 2.03. The SMILES string of the molecule is O=C(Oc1ccc(-c2ccc(O)c(C(F)(F)F)c2)cc1C(F)(F)F)c1ccccc1. The zero-order chi connectivity index (χ0) is 22.1. The molecule has 0 aliphatic heterocycles. The first-order chi connectivity index (χ1) is 14.0. The number of esters is 1. The van der Waals surface area contributed by atoms with Crippen molar-refractivity contribution in [2.75, 3.05) is 0 Å². The van der Waals surface area contributed by atoms with Crippen molar-refractivity contribution in [3.63, 3.8) is 0 Å². The molecule has 30 heavy (non-hydrogen) atoms. The molecular formula is C21H12F6O3. The topological polar surface area (TPSA) is 46.5 Å². The number of aromatic hydroxyl groups is 1. The molecule has 0 aliphatic rings. The Labute approximate surface area is 166 Å². The number of phenolic OH excluding ortho intramolecular Hbond substituents is 1. The van der Waals surface area contributed by atoms with Gasteiger partial charge >= 0.3 is 18.3 Å². The van der Waals surface area contributed by atoms with Crippen LogP contribution in [-0.2, 0) is 12.4 Å². The number of rotatable bonds is 3. The van der Waals surface area contributed by atoms with E-state index in [1.54, 1.807) is 6.07 Å². The number of phenols is 1. The minimum atomic E-state index is -4.94. The molecule has 3 aromatic rings. The quantitative estimate of drug-likeness (QED) is 0.303. The van der Waals surface area contributed by atoms with Crippen LogP contribution in [0.15, 0.2) is 66.7 Å². The largest absolute Gasteiger partial charge is 0.507 e. The van der Waals surface area contributed by atoms with Crippen LogP contribution < -0.4 is 4.74 Å². The van der Waals surface area contributed by atoms with Gasteiger partial charge in [-0.1, -0.05) is 30.3 Å². The Hall–Kier alpha value is -3.49. The Morgan fingerprint density at radius 1 is 0.733 bits per heavy atom. The van der Waals surface area contributed by atoms with E-state index in [1.165, 1.54) is 24.3 Å². The van der Waals surface area contributed by atoms with Gasteiger partial charge in [0.15, 0.2) is 0 Å². The highest BCUT2D eigenvalue weighted by molar-refractivity contribution is 5.91. The van der Waals surface area contributed by atoms with Crippen molar-refractivity contribution in [2.24, 2.45) is 0 Å². The van der Waals surface area contributed by atoms with Crippen LogP contribution in [0, 0.1) is 0 Å². The minimum absolute atomic E-state index is 0.0306. The van der Waals surface area contributed by atoms with Crippen LogP contribution in [0.25, 0.3) is 11.1 Å². The predicted molar refractivity (Wildman–Crippen MR) is 94.9 cm³/mol. The molecule has 156 valence electrons. The first kappa shape index (κ1) is 21.2. The summed E-state index contributed by atoms with van der Waals surface area (Å²) in [4.78, 5) is 12.1. The molecule has 0 bridgehead atoms. The fourth-order valence-corrected chi connectivity index (χ4v) is 2.70. The van der Waals surface area contributed by atoms with Crippen molar-refractivity contribution < 1.29 is 41.0 Å². The number of halogens is 6. The predicted octanol–water partition coefficient (Wildman–Crippen LogP) is 6.32. The number of alkyl halides is 6. The maximum Gasteiger partial charge on any atom is 0.420 e. The molecule has 0 aromatic heterocycles. The van der Waals surface area contributed by atoms with E-state index in [2.05, 4.69) is 0 Å². The zero-order valence-electron chi connectivity index (χ0n) is 14.9. The third-order valence-corrected chi connectivity index (χ3v) is 4.13. The van der Waals surface area contributed by atoms with Crippen molar-refractivity contribution >= 4 is 5.97 Å². The third kappa shape index (κ3) is 4.56. The van der Waals surface area contributed by atoms with Crippen molar-refractivity contribution in [3.05, 3.63) is 83.4 Å². The lowest BCUT2D eigenvalue weighted by atomic mass is 9.99. The van der Waals surface area contributed by atoms with Gasteiger partial charge in [0, 0.05) is 0 Å². The lowest BCUT2D eigenvalue weighted by molar-refractivity contribution is -0.139. The van der Waals surface area contributed by atoms with Gasteiger partial charge in [-0.3, -0.25) is 0 Å². The summed E-state index contributed by atoms with van der Waals surface area (Å²) in [6.45, 7) is 0. The average molecular weight is 426 g/mol. The molecule has 3 rings (SSSR count). The summed E-state index contributed by atoms with van der Waals surface area (Å²) in [7, 11) is 0. The highest BCUT2D eigenvalue weighted by Crippen LogP contribution is 2.41. The van der Waals surface area contributed by atoms with Gasteiger partial charge < -0.3 is 9.84 Å². The molecule has 0 heterocycles. The highest BCUT2D eigenvalue weighted by atomic mass is 19.4. The van der Waals surface area contributed by atoms with Crippen molar-refractivity contribution in [3.8, 4) is 22.6 Å². The first-order valence-corrected chi connectivity index (χ1v) is 8.36. The number of carbonyl (C=O) groups excluding carboxylic acids is 1. The van der Waals surface area contributed by atoms with Gasteiger partial charge in [0.05, 0.1) is 16.7 Å². The van der Waals surface area contributed by atoms with E-state index in [-0.39, 0.29) is 16.7 Å². The smallest absolute Gasteiger partial charge is 0.420 e. The van der Waals surface area contributed by atoms with Gasteiger partial charge in [0.2, 0.25) is 0 Å². The summed E-state index contributed by atoms with van der Waals surface area (Å²) >= 11 is 0. The van der Waals surface area contributed by atoms with E-state index < -0.39 is 40.9 Å². The maximum atomic E-state index is 13.5. The van der Waals surface area contributed by atoms with Gasteiger partial charge in [-0.2, -0.15) is 26.3 Å². The number of benzene rings is 3. The molecule has 3 nitrogen and oxygen atoms in total. The molecular weight excluding hydrogens is 414 g/mol. The minimum Gasteiger partial charge on any atom is -0.507 e. The molecule has 0 atom stereocenters. The average Bonchev–Trinajstić information content (AvgIpc) is 2.67. The van der Waals surface area contributed by atoms with E-state index in [4.69, 9.17) is 4.74 Å². The standard InChI is InChI=1S/C21H12F6O3/c22-20(23,24)15-10-13(6-8-17(15)28)14-7-9-18(16(11-14)21(25,26)27)30-19(29)12-4-2-1-3-5-12/h1-11,28H. The molecule has 0 aliphatic carbocycles. The van der Waals surface area contributed by atoms with Crippen LogP contribution in [0.5, 0.6) is 11.5 Å². The van der Waals surface area contributed by atoms with Crippen molar-refractivity contribution in [1.82, 2.24) is 0 Å². The fourth-order valence-electron chi connectivity index (χ4n) is 2.70. The highest BCUT2D eigenvalue weighted by Gasteiger charge is 2.36. The first-order valence-electron chi connectivity index (χ1n) is 8.36. The second-order valence-corrected chi connectivity index (χ2v) is 6.19. The summed E-state index contributed by atoms with van der Waals surface area (Å²) in [5, 5.41) is 9.40. The molecule has 0 spiro atoms. The number of carbonyl (C=O) groups is 1. The van der Waals surface area contributed by atoms with Gasteiger partial charge in [0.1, 0.15) is 11.5 Å². The molecule has 0 unspecified atom stereocenters. The van der Waals surface area contributed by atoms with Gasteiger partial charge in [-0.25, -0.2) is 4.79 Å². The number of hydrogen-bond acceptors (Lipinski definition) is 3. The van der Waals surface area contributed by atoms with E-state index in [0.717, 1.165) is 24.3 Å². The van der Waals surface area contributed by atoms with E-state index in [0.29, 0.717) is 12.1 Å². The van der Waals surface area contributed by atoms with Crippen molar-refractivity contribution in [1.29, 1.82) is 0 Å². The Bertz CT molecular complexity index is 1070. The normalized spacial score (nSPS) is 11.9. The summed E-state index contributed by atoms with van der Waals surface area (Å²) in [5.74, 6) is -2.84. The molecule has 0 fully saturated rings. The van der Waals surface area contributed by atoms with Crippen molar-refractivity contribution in [2.45, 2.75) is 12.4 Å². The van der Waals surface area contributed by atoms with Crippen LogP contribution in [-0.4, -0.2) is 11.1 Å². The van der Waals surface area contributed by atoms with Gasteiger partial charge in [0.25, 0.3) is 0 Å². The third-order valence-electron chi connectivity index (χ3n) is 4.13. The molecule has 1 N–H and O–H groups in total. The van der Waals surface area contributed by atoms with Crippen LogP contribution in [0.3, 0.4) is 0 Å². The molecule has 3 aromatic carbocycles. The number of ether oxygens (including phenoxy) is 1. The second-order valence-electron chi connectivity index (χ2n) is 6.19. The summed E-state index contributed by atoms with van der Waals surface area (Å²) < 4.78 is 84.4. The van der Waals surface area contributed by atoms with E-state index >= 15 is 0 Å². The second kappa shape index (κ2) is 7.74. The summed E-state index contributed by atoms with van der Waals surface area (Å²) in [5.41, 5.74) is -3.08. The molecule has 9 heteroatoms. The van der Waals surface area contributed by atoms with Gasteiger partial charge in [-0.05, 0) is 47.5 Å². The Morgan fingerprint density at radius 2 is 1.27 bits per heavy atom. The number of hydrogen-bond donors (Lipinski definition) is 1. The van der Waals surface area contributed by atoms with Crippen LogP contribution in [0.2, 0.25) is 0 Å². The molecule has 0 saturated heterocycles. The fraction of sp³-hybridized carbons (Fsp3) is 0.0952. The molecule has 0 radical (unpaired) electrons. The van der Waals surface area contributed by atoms with Crippen LogP contribution in [0.4, 0.5) is 26.3 Å². The van der Waals surface area contributed by atoms with Crippen LogP contribution in [0.1, 0.15) is 21.5 Å². The van der Waals surface area contributed by atoms with E-state index in [9.17, 15) is 36.2 Å². The Kier molecular flexibility index (Phi) is 5.47. The lowest BCUT2D eigenvalue weighted by Gasteiger charge is -2.16. The Morgan fingerprint density at radius 3 is 1.83 bits per heavy atom. The molecule has 0 amide bonds. The summed E-state index contributed by atoms with van der Waals surface area (Å²) in [6.07, 6.45) is -9.83. The van der Waals surface area contributed by atoms with E-state index in [1.807, 2.05) is 0 Å². The summed E-state index contributed by atoms with van der Waals surface area (Å²) in [6, 6.07) is 12.2. The maximum absolute atomic E-state index is 13.5. The zero-order valence-corrected chi connectivity index (χ0v) is 14.9. The van der Waals surface area contributed by atoms with Crippen LogP contribution >= 0.6 is 0 Å². The van der Waals surface area contributed by atoms with Gasteiger partial charge in [-0.15, -0.1) is 0 Å². The molecule has 0 saturated carbocycles.